The van der Waals surface area contributed by atoms with Crippen LogP contribution in [0.2, 0.25) is 0 Å². The van der Waals surface area contributed by atoms with Crippen LogP contribution >= 0.6 is 0 Å². The predicted molar refractivity (Wildman–Crippen MR) is 48.7 cm³/mol. The zero-order chi connectivity index (χ0) is 9.68. The summed E-state index contributed by atoms with van der Waals surface area (Å²) < 4.78 is 20.2. The summed E-state index contributed by atoms with van der Waals surface area (Å²) in [4.78, 5) is 3.97. The molecule has 0 aliphatic carbocycles. The highest BCUT2D eigenvalue weighted by atomic mass is 32.2. The molecule has 0 N–H and O–H groups in total. The molecular weight excluding hydrogens is 190 g/mol. The number of hydrogen-bond acceptors (Lipinski definition) is 5. The maximum absolute atomic E-state index is 10.1. The Kier molecular flexibility index (Phi) is 3.51. The van der Waals surface area contributed by atoms with Crippen molar-refractivity contribution in [2.75, 3.05) is 5.88 Å². The second-order valence-corrected chi connectivity index (χ2v) is 3.32. The molecule has 0 aliphatic heterocycles. The van der Waals surface area contributed by atoms with Gasteiger partial charge in [-0.1, -0.05) is 0 Å². The number of nitrogens with zero attached hydrogens (tertiary/aromatic N) is 3. The van der Waals surface area contributed by atoms with Crippen LogP contribution in [0.5, 0.6) is 0 Å². The molecule has 0 saturated heterocycles. The van der Waals surface area contributed by atoms with Crippen molar-refractivity contribution in [1.82, 2.24) is 4.98 Å². The number of hydrogen-bond donors (Lipinski definition) is 1. The Hall–Kier alpha value is -1.30. The minimum absolute atomic E-state index is 0.275. The van der Waals surface area contributed by atoms with E-state index in [0.717, 1.165) is 5.69 Å². The van der Waals surface area contributed by atoms with E-state index in [1.54, 1.807) is 12.1 Å². The van der Waals surface area contributed by atoms with Gasteiger partial charge in [0.2, 0.25) is 0 Å². The van der Waals surface area contributed by atoms with Gasteiger partial charge in [-0.05, 0) is 19.1 Å². The Bertz CT molecular complexity index is 362. The van der Waals surface area contributed by atoms with Crippen molar-refractivity contribution in [2.45, 2.75) is 6.92 Å². The van der Waals surface area contributed by atoms with Gasteiger partial charge >= 0.3 is 0 Å². The highest BCUT2D eigenvalue weighted by molar-refractivity contribution is 7.72. The predicted octanol–water partition coefficient (Wildman–Crippen LogP) is 1.04. The van der Waals surface area contributed by atoms with Crippen LogP contribution in [0.1, 0.15) is 5.69 Å². The molecule has 6 heteroatoms. The smallest absolute Gasteiger partial charge is 0.162 e. The molecule has 0 unspecified atom stereocenters. The molecule has 0 spiro atoms. The maximum Gasteiger partial charge on any atom is 0.162 e. The van der Waals surface area contributed by atoms with Crippen molar-refractivity contribution in [3.05, 3.63) is 24.0 Å². The molecule has 5 nitrogen and oxygen atoms in total. The summed E-state index contributed by atoms with van der Waals surface area (Å²) in [5.74, 6) is -0.275. The molecule has 0 bridgehead atoms. The molecule has 0 fully saturated rings. The fraction of sp³-hybridized carbons (Fsp3) is 0.286. The summed E-state index contributed by atoms with van der Waals surface area (Å²) >= 11 is 0. The van der Waals surface area contributed by atoms with E-state index in [-0.39, 0.29) is 5.88 Å². The van der Waals surface area contributed by atoms with E-state index in [1.165, 1.54) is 6.20 Å². The van der Waals surface area contributed by atoms with E-state index < -0.39 is 10.7 Å². The molecule has 1 heterocycles. The van der Waals surface area contributed by atoms with Crippen molar-refractivity contribution in [3.8, 4) is 0 Å². The Labute approximate surface area is 77.5 Å². The summed E-state index contributed by atoms with van der Waals surface area (Å²) in [5, 5.41) is 7.13. The molecule has 0 radical (unpaired) electrons. The summed E-state index contributed by atoms with van der Waals surface area (Å²) in [6.07, 6.45) is 1.54. The molecular formula is C7H9N3O2S. The number of aryl methyl sites for hydroxylation is 1. The molecule has 1 rings (SSSR count). The largest absolute Gasteiger partial charge is 0.259 e. The maximum atomic E-state index is 10.1. The van der Waals surface area contributed by atoms with Crippen molar-refractivity contribution < 1.29 is 8.42 Å². The Morgan fingerprint density at radius 1 is 1.46 bits per heavy atom. The topological polar surface area (TPSA) is 71.8 Å². The van der Waals surface area contributed by atoms with Crippen molar-refractivity contribution in [2.24, 2.45) is 10.2 Å². The van der Waals surface area contributed by atoms with Crippen LogP contribution in [-0.2, 0) is 10.7 Å². The minimum Gasteiger partial charge on any atom is -0.259 e. The number of aromatic nitrogens is 1. The first-order valence-electron chi connectivity index (χ1n) is 3.60. The quantitative estimate of drug-likeness (QED) is 0.584. The van der Waals surface area contributed by atoms with Gasteiger partial charge in [-0.25, -0.2) is 8.42 Å². The Balaban J connectivity index is 2.64. The first kappa shape index (κ1) is 9.79. The van der Waals surface area contributed by atoms with Crippen molar-refractivity contribution in [1.29, 1.82) is 0 Å². The van der Waals surface area contributed by atoms with Gasteiger partial charge in [-0.3, -0.25) is 4.98 Å². The standard InChI is InChI=1S/C7H9N3O2S/c1-6-2-3-7(4-8-6)10-9-5-13(11)12/h2-4,13H,5H2,1H3. The molecule has 0 saturated carbocycles. The molecule has 70 valence electrons. The highest BCUT2D eigenvalue weighted by Crippen LogP contribution is 2.09. The van der Waals surface area contributed by atoms with Gasteiger partial charge in [-0.15, -0.1) is 0 Å². The van der Waals surface area contributed by atoms with E-state index in [9.17, 15) is 8.42 Å². The SMILES string of the molecule is Cc1ccc(N=NC[SH](=O)=O)cn1. The number of azo groups is 1. The van der Waals surface area contributed by atoms with E-state index in [2.05, 4.69) is 15.2 Å². The third kappa shape index (κ3) is 3.75. The fourth-order valence-corrected chi connectivity index (χ4v) is 0.851. The lowest BCUT2D eigenvalue weighted by Gasteiger charge is -1.91. The molecule has 0 aromatic carbocycles. The monoisotopic (exact) mass is 199 g/mol. The summed E-state index contributed by atoms with van der Waals surface area (Å²) in [6, 6.07) is 3.51. The van der Waals surface area contributed by atoms with E-state index in [4.69, 9.17) is 0 Å². The van der Waals surface area contributed by atoms with Crippen molar-refractivity contribution >= 4 is 16.4 Å². The second kappa shape index (κ2) is 4.66. The summed E-state index contributed by atoms with van der Waals surface area (Å²) in [7, 11) is -2.48. The average molecular weight is 199 g/mol. The van der Waals surface area contributed by atoms with Crippen LogP contribution in [-0.4, -0.2) is 19.3 Å². The van der Waals surface area contributed by atoms with Crippen molar-refractivity contribution in [3.63, 3.8) is 0 Å². The van der Waals surface area contributed by atoms with Crippen LogP contribution in [0.3, 0.4) is 0 Å². The van der Waals surface area contributed by atoms with Crippen LogP contribution < -0.4 is 0 Å². The van der Waals surface area contributed by atoms with Gasteiger partial charge in [0.15, 0.2) is 16.6 Å². The summed E-state index contributed by atoms with van der Waals surface area (Å²) in [6.45, 7) is 1.86. The first-order chi connectivity index (χ1) is 6.18. The lowest BCUT2D eigenvalue weighted by Crippen LogP contribution is -1.79. The van der Waals surface area contributed by atoms with Gasteiger partial charge in [0.25, 0.3) is 0 Å². The fourth-order valence-electron chi connectivity index (χ4n) is 0.684. The van der Waals surface area contributed by atoms with Crippen LogP contribution in [0, 0.1) is 6.92 Å². The molecule has 1 aromatic heterocycles. The van der Waals surface area contributed by atoms with Gasteiger partial charge in [0.05, 0.1) is 6.20 Å². The minimum atomic E-state index is -2.48. The molecule has 0 amide bonds. The first-order valence-corrected chi connectivity index (χ1v) is 4.97. The highest BCUT2D eigenvalue weighted by Gasteiger charge is 1.89. The molecule has 0 atom stereocenters. The average Bonchev–Trinajstić information content (AvgIpc) is 2.08. The normalized spacial score (nSPS) is 11.2. The van der Waals surface area contributed by atoms with Gasteiger partial charge in [-0.2, -0.15) is 10.2 Å². The van der Waals surface area contributed by atoms with Gasteiger partial charge in [0.1, 0.15) is 5.69 Å². The van der Waals surface area contributed by atoms with Gasteiger partial charge < -0.3 is 0 Å². The third-order valence-electron chi connectivity index (χ3n) is 1.26. The Morgan fingerprint density at radius 2 is 2.23 bits per heavy atom. The zero-order valence-corrected chi connectivity index (χ0v) is 7.94. The molecule has 0 aliphatic rings. The lowest BCUT2D eigenvalue weighted by atomic mass is 10.3. The van der Waals surface area contributed by atoms with Crippen LogP contribution in [0.15, 0.2) is 28.6 Å². The number of pyridine rings is 1. The van der Waals surface area contributed by atoms with E-state index in [1.807, 2.05) is 6.92 Å². The third-order valence-corrected chi connectivity index (χ3v) is 1.62. The molecule has 1 aromatic rings. The van der Waals surface area contributed by atoms with E-state index in [0.29, 0.717) is 5.69 Å². The lowest BCUT2D eigenvalue weighted by molar-refractivity contribution is 0.614. The Morgan fingerprint density at radius 3 is 2.77 bits per heavy atom. The number of rotatable bonds is 3. The number of thiol groups is 1. The van der Waals surface area contributed by atoms with E-state index >= 15 is 0 Å². The summed E-state index contributed by atoms with van der Waals surface area (Å²) in [5.41, 5.74) is 1.44. The second-order valence-electron chi connectivity index (χ2n) is 2.37. The van der Waals surface area contributed by atoms with Crippen LogP contribution in [0.25, 0.3) is 0 Å². The molecule has 13 heavy (non-hydrogen) atoms. The van der Waals surface area contributed by atoms with Crippen LogP contribution in [0.4, 0.5) is 5.69 Å². The van der Waals surface area contributed by atoms with Gasteiger partial charge in [0, 0.05) is 5.69 Å². The zero-order valence-electron chi connectivity index (χ0n) is 7.04.